The molecular formula is C10H15ClN4O2. The molecule has 0 bridgehead atoms. The monoisotopic (exact) mass is 258 g/mol. The molecule has 1 atom stereocenters. The van der Waals surface area contributed by atoms with Gasteiger partial charge in [0.15, 0.2) is 0 Å². The van der Waals surface area contributed by atoms with E-state index in [1.54, 1.807) is 14.0 Å². The van der Waals surface area contributed by atoms with Crippen LogP contribution in [0.3, 0.4) is 0 Å². The Morgan fingerprint density at radius 3 is 2.88 bits per heavy atom. The zero-order valence-electron chi connectivity index (χ0n) is 9.64. The first-order valence-corrected chi connectivity index (χ1v) is 5.39. The SMILES string of the molecule is CC(CO)N(C)C(=O)c1cc(Cl)nc(NN)c1. The van der Waals surface area contributed by atoms with Crippen molar-refractivity contribution in [2.45, 2.75) is 13.0 Å². The molecule has 94 valence electrons. The highest BCUT2D eigenvalue weighted by Gasteiger charge is 2.18. The number of hydrazine groups is 1. The summed E-state index contributed by atoms with van der Waals surface area (Å²) in [7, 11) is 1.60. The van der Waals surface area contributed by atoms with Gasteiger partial charge >= 0.3 is 0 Å². The molecule has 0 aliphatic rings. The van der Waals surface area contributed by atoms with Gasteiger partial charge in [0.25, 0.3) is 5.91 Å². The summed E-state index contributed by atoms with van der Waals surface area (Å²) in [4.78, 5) is 17.3. The van der Waals surface area contributed by atoms with Crippen molar-refractivity contribution in [3.05, 3.63) is 22.8 Å². The highest BCUT2D eigenvalue weighted by molar-refractivity contribution is 6.29. The first-order valence-electron chi connectivity index (χ1n) is 5.01. The molecule has 1 aromatic rings. The zero-order valence-corrected chi connectivity index (χ0v) is 10.4. The Morgan fingerprint density at radius 2 is 2.35 bits per heavy atom. The first-order chi connectivity index (χ1) is 7.99. The number of aromatic nitrogens is 1. The molecule has 1 rings (SSSR count). The molecular weight excluding hydrogens is 244 g/mol. The van der Waals surface area contributed by atoms with Crippen LogP contribution >= 0.6 is 11.6 Å². The van der Waals surface area contributed by atoms with Gasteiger partial charge in [-0.15, -0.1) is 0 Å². The van der Waals surface area contributed by atoms with Crippen LogP contribution in [0, 0.1) is 0 Å². The minimum absolute atomic E-state index is 0.108. The molecule has 0 fully saturated rings. The van der Waals surface area contributed by atoms with E-state index in [0.717, 1.165) is 0 Å². The van der Waals surface area contributed by atoms with Crippen molar-refractivity contribution in [1.82, 2.24) is 9.88 Å². The Balaban J connectivity index is 2.99. The number of halogens is 1. The van der Waals surface area contributed by atoms with Gasteiger partial charge in [-0.1, -0.05) is 11.6 Å². The van der Waals surface area contributed by atoms with E-state index >= 15 is 0 Å². The summed E-state index contributed by atoms with van der Waals surface area (Å²) >= 11 is 5.76. The summed E-state index contributed by atoms with van der Waals surface area (Å²) in [5.74, 6) is 5.27. The molecule has 0 saturated carbocycles. The number of hydrogen-bond acceptors (Lipinski definition) is 5. The fraction of sp³-hybridized carbons (Fsp3) is 0.400. The summed E-state index contributed by atoms with van der Waals surface area (Å²) in [6.45, 7) is 1.63. The number of aliphatic hydroxyl groups excluding tert-OH is 1. The lowest BCUT2D eigenvalue weighted by Gasteiger charge is -2.23. The third-order valence-electron chi connectivity index (χ3n) is 2.43. The van der Waals surface area contributed by atoms with Gasteiger partial charge in [0.1, 0.15) is 11.0 Å². The molecule has 0 aliphatic carbocycles. The minimum atomic E-state index is -0.274. The number of amides is 1. The smallest absolute Gasteiger partial charge is 0.254 e. The minimum Gasteiger partial charge on any atom is -0.394 e. The predicted molar refractivity (Wildman–Crippen MR) is 65.7 cm³/mol. The largest absolute Gasteiger partial charge is 0.394 e. The van der Waals surface area contributed by atoms with Gasteiger partial charge in [0.05, 0.1) is 12.6 Å². The summed E-state index contributed by atoms with van der Waals surface area (Å²) in [5, 5.41) is 9.17. The Bertz CT molecular complexity index is 413. The summed E-state index contributed by atoms with van der Waals surface area (Å²) in [6, 6.07) is 2.67. The highest BCUT2D eigenvalue weighted by atomic mass is 35.5. The van der Waals surface area contributed by atoms with Gasteiger partial charge in [-0.2, -0.15) is 0 Å². The number of nitrogen functional groups attached to an aromatic ring is 1. The van der Waals surface area contributed by atoms with E-state index in [1.807, 2.05) is 0 Å². The van der Waals surface area contributed by atoms with Crippen LogP contribution in [0.15, 0.2) is 12.1 Å². The van der Waals surface area contributed by atoms with Crippen molar-refractivity contribution in [1.29, 1.82) is 0 Å². The molecule has 1 heterocycles. The number of anilines is 1. The number of pyridine rings is 1. The lowest BCUT2D eigenvalue weighted by atomic mass is 10.2. The molecule has 1 amide bonds. The van der Waals surface area contributed by atoms with Crippen LogP contribution in [0.2, 0.25) is 5.15 Å². The lowest BCUT2D eigenvalue weighted by Crippen LogP contribution is -2.37. The van der Waals surface area contributed by atoms with Gasteiger partial charge in [0, 0.05) is 12.6 Å². The van der Waals surface area contributed by atoms with Crippen LogP contribution in [0.5, 0.6) is 0 Å². The molecule has 0 aromatic carbocycles. The van der Waals surface area contributed by atoms with E-state index in [9.17, 15) is 4.79 Å². The number of hydrogen-bond donors (Lipinski definition) is 3. The average molecular weight is 259 g/mol. The van der Waals surface area contributed by atoms with Crippen molar-refractivity contribution >= 4 is 23.3 Å². The standard InChI is InChI=1S/C10H15ClN4O2/c1-6(5-16)15(2)10(17)7-3-8(11)13-9(4-7)14-12/h3-4,6,16H,5,12H2,1-2H3,(H,13,14). The summed E-state index contributed by atoms with van der Waals surface area (Å²) in [6.07, 6.45) is 0. The van der Waals surface area contributed by atoms with Gasteiger partial charge in [0.2, 0.25) is 0 Å². The van der Waals surface area contributed by atoms with E-state index in [2.05, 4.69) is 10.4 Å². The van der Waals surface area contributed by atoms with E-state index < -0.39 is 0 Å². The Kier molecular flexibility index (Phi) is 4.68. The molecule has 0 spiro atoms. The second-order valence-electron chi connectivity index (χ2n) is 3.66. The van der Waals surface area contributed by atoms with Crippen molar-refractivity contribution in [3.8, 4) is 0 Å². The molecule has 1 unspecified atom stereocenters. The van der Waals surface area contributed by atoms with Gasteiger partial charge in [-0.3, -0.25) is 4.79 Å². The van der Waals surface area contributed by atoms with Crippen LogP contribution in [0.4, 0.5) is 5.82 Å². The average Bonchev–Trinajstić information content (AvgIpc) is 2.35. The fourth-order valence-corrected chi connectivity index (χ4v) is 1.43. The highest BCUT2D eigenvalue weighted by Crippen LogP contribution is 2.16. The van der Waals surface area contributed by atoms with Crippen LogP contribution in [-0.2, 0) is 0 Å². The van der Waals surface area contributed by atoms with Crippen molar-refractivity contribution < 1.29 is 9.90 Å². The number of rotatable bonds is 4. The van der Waals surface area contributed by atoms with Crippen LogP contribution in [0.25, 0.3) is 0 Å². The number of carbonyl (C=O) groups is 1. The van der Waals surface area contributed by atoms with E-state index in [-0.39, 0.29) is 23.7 Å². The second kappa shape index (κ2) is 5.81. The van der Waals surface area contributed by atoms with Crippen LogP contribution in [-0.4, -0.2) is 40.6 Å². The van der Waals surface area contributed by atoms with E-state index in [4.69, 9.17) is 22.6 Å². The number of carbonyl (C=O) groups excluding carboxylic acids is 1. The number of nitrogens with two attached hydrogens (primary N) is 1. The Labute approximate surface area is 104 Å². The fourth-order valence-electron chi connectivity index (χ4n) is 1.22. The number of nitrogens with zero attached hydrogens (tertiary/aromatic N) is 2. The van der Waals surface area contributed by atoms with Crippen molar-refractivity contribution in [3.63, 3.8) is 0 Å². The maximum absolute atomic E-state index is 12.0. The quantitative estimate of drug-likeness (QED) is 0.415. The Hall–Kier alpha value is -1.37. The second-order valence-corrected chi connectivity index (χ2v) is 4.04. The van der Waals surface area contributed by atoms with Gasteiger partial charge < -0.3 is 15.4 Å². The molecule has 7 heteroatoms. The third-order valence-corrected chi connectivity index (χ3v) is 2.63. The third kappa shape index (κ3) is 3.29. The molecule has 0 aliphatic heterocycles. The Morgan fingerprint density at radius 1 is 1.71 bits per heavy atom. The lowest BCUT2D eigenvalue weighted by molar-refractivity contribution is 0.0682. The maximum atomic E-state index is 12.0. The number of likely N-dealkylation sites (N-methyl/N-ethyl adjacent to an activating group) is 1. The van der Waals surface area contributed by atoms with Crippen molar-refractivity contribution in [2.75, 3.05) is 19.1 Å². The maximum Gasteiger partial charge on any atom is 0.254 e. The number of aliphatic hydroxyl groups is 1. The summed E-state index contributed by atoms with van der Waals surface area (Å²) < 4.78 is 0. The predicted octanol–water partition coefficient (Wildman–Crippen LogP) is 0.473. The first kappa shape index (κ1) is 13.7. The van der Waals surface area contributed by atoms with Crippen LogP contribution < -0.4 is 11.3 Å². The van der Waals surface area contributed by atoms with Crippen molar-refractivity contribution in [2.24, 2.45) is 5.84 Å². The zero-order chi connectivity index (χ0) is 13.0. The van der Waals surface area contributed by atoms with E-state index in [0.29, 0.717) is 11.4 Å². The molecule has 4 N–H and O–H groups in total. The molecule has 6 nitrogen and oxygen atoms in total. The van der Waals surface area contributed by atoms with Gasteiger partial charge in [-0.05, 0) is 19.1 Å². The molecule has 0 saturated heterocycles. The topological polar surface area (TPSA) is 91.5 Å². The normalized spacial score (nSPS) is 12.1. The van der Waals surface area contributed by atoms with Gasteiger partial charge in [-0.25, -0.2) is 10.8 Å². The van der Waals surface area contributed by atoms with Crippen LogP contribution in [0.1, 0.15) is 17.3 Å². The number of nitrogens with one attached hydrogen (secondary N) is 1. The summed E-state index contributed by atoms with van der Waals surface area (Å²) in [5.41, 5.74) is 2.69. The van der Waals surface area contributed by atoms with E-state index in [1.165, 1.54) is 17.0 Å². The molecule has 0 radical (unpaired) electrons. The molecule has 17 heavy (non-hydrogen) atoms. The molecule has 1 aromatic heterocycles.